The second kappa shape index (κ2) is 34.3. The Morgan fingerprint density at radius 2 is 0.800 bits per heavy atom. The number of aliphatic hydroxyl groups is 17. The van der Waals surface area contributed by atoms with Gasteiger partial charge < -0.3 is 158 Å². The lowest BCUT2D eigenvalue weighted by atomic mass is 9.72. The summed E-state index contributed by atoms with van der Waals surface area (Å²) in [5, 5.41) is 186. The fourth-order valence-electron chi connectivity index (χ4n) is 14.6. The largest absolute Gasteiger partial charge is 0.460 e. The fraction of sp³-hybridized carbons (Fsp3) is 0.902. The maximum absolute atomic E-state index is 12.9. The van der Waals surface area contributed by atoms with Gasteiger partial charge in [-0.1, -0.05) is 12.2 Å². The second-order valence-corrected chi connectivity index (χ2v) is 26.4. The zero-order chi connectivity index (χ0) is 68.9. The van der Waals surface area contributed by atoms with E-state index in [1.165, 1.54) is 34.5 Å². The molecule has 0 aromatic heterocycles. The molecule has 0 amide bonds. The van der Waals surface area contributed by atoms with E-state index in [1.54, 1.807) is 12.2 Å². The van der Waals surface area contributed by atoms with E-state index in [0.29, 0.717) is 25.7 Å². The van der Waals surface area contributed by atoms with Gasteiger partial charge in [-0.05, 0) is 69.1 Å². The number of fused-ring (bicyclic) bond motifs is 1. The standard InChI is InChI=1S/C61H98O34/c1-81-32-11-23(12-33(82-2)43(32)67)5-9-41(65)85-20-38-46(70)50(74)53(77)58(93-38)87-22-40-48(72)52(76)56(80)61(95-40)91-36-18-27-29(64)16-26(17-30(27)89-57(36)25-7-8-28(63)31(15-25)90-60-55(79)49(73)45(69)37(19-62)92-60)88-59-54(78)51(75)47(71)39(94-59)21-86-42(66)10-6-24-13-34(83-3)44(68)35(14-24)84-4/h5-6,9-10,23-40,43-64,67-80H,7-8,11-22H2,1-4H3. The van der Waals surface area contributed by atoms with E-state index >= 15 is 0 Å². The van der Waals surface area contributed by atoms with Crippen LogP contribution in [-0.2, 0) is 80.6 Å². The lowest BCUT2D eigenvalue weighted by Crippen LogP contribution is -2.63. The normalized spacial score (nSPS) is 49.3. The molecule has 5 heterocycles. The highest BCUT2D eigenvalue weighted by Gasteiger charge is 2.56. The SMILES string of the molecule is COC1CC(C=CC(=O)OCC2OC(OCC3OC(OC4CC5C(O)CC(OC6OC(COC(=O)C=CC7CC(OC)C(O)C(OC)C7)C(O)C(O)C6O)CC5OC4C4CCC(O)C(OC5OC(CO)C(O)C(O)C5O)C4)C(O)C(O)C3O)C(O)C(O)C2O)CC(OC)C1O. The molecule has 546 valence electrons. The number of methoxy groups -OCH3 is 4. The van der Waals surface area contributed by atoms with Crippen LogP contribution in [0.25, 0.3) is 0 Å². The van der Waals surface area contributed by atoms with Gasteiger partial charge in [0.05, 0.1) is 80.4 Å². The summed E-state index contributed by atoms with van der Waals surface area (Å²) in [7, 11) is 5.79. The Balaban J connectivity index is 0.862. The topological polar surface area (TPSA) is 517 Å². The highest BCUT2D eigenvalue weighted by molar-refractivity contribution is 5.82. The summed E-state index contributed by atoms with van der Waals surface area (Å²) in [4.78, 5) is 25.8. The number of ether oxygens (including phenoxy) is 15. The molecule has 9 rings (SSSR count). The number of carbonyl (C=O) groups is 2. The van der Waals surface area contributed by atoms with Crippen molar-refractivity contribution in [2.75, 3.05) is 54.9 Å². The third-order valence-corrected chi connectivity index (χ3v) is 20.3. The molecule has 17 N–H and O–H groups in total. The van der Waals surface area contributed by atoms with Crippen LogP contribution in [0.3, 0.4) is 0 Å². The van der Waals surface area contributed by atoms with Gasteiger partial charge in [-0.15, -0.1) is 0 Å². The van der Waals surface area contributed by atoms with Crippen LogP contribution in [0.15, 0.2) is 24.3 Å². The van der Waals surface area contributed by atoms with E-state index in [0.717, 1.165) is 6.08 Å². The maximum atomic E-state index is 12.9. The van der Waals surface area contributed by atoms with Crippen LogP contribution in [0.4, 0.5) is 0 Å². The summed E-state index contributed by atoms with van der Waals surface area (Å²) in [6.45, 7) is -2.75. The molecule has 4 saturated carbocycles. The minimum atomic E-state index is -2.00. The number of esters is 2. The molecule has 0 bridgehead atoms. The summed E-state index contributed by atoms with van der Waals surface area (Å²) in [6.07, 6.45) is -40.1. The van der Waals surface area contributed by atoms with Crippen molar-refractivity contribution in [3.63, 3.8) is 0 Å². The Hall–Kier alpha value is -2.78. The third kappa shape index (κ3) is 17.9. The van der Waals surface area contributed by atoms with Crippen molar-refractivity contribution in [3.05, 3.63) is 24.3 Å². The Morgan fingerprint density at radius 1 is 0.389 bits per heavy atom. The van der Waals surface area contributed by atoms with Crippen molar-refractivity contribution in [2.24, 2.45) is 23.7 Å². The first-order chi connectivity index (χ1) is 45.3. The monoisotopic (exact) mass is 1370 g/mol. The Bertz CT molecular complexity index is 2420. The molecule has 9 fully saturated rings. The molecule has 33 atom stereocenters. The number of allylic oxidation sites excluding steroid dienone is 2. The average Bonchev–Trinajstić information content (AvgIpc) is 0.770. The highest BCUT2D eigenvalue weighted by Crippen LogP contribution is 2.46. The van der Waals surface area contributed by atoms with Gasteiger partial charge in [0.2, 0.25) is 0 Å². The van der Waals surface area contributed by atoms with Crippen LogP contribution in [0.1, 0.15) is 64.2 Å². The summed E-state index contributed by atoms with van der Waals surface area (Å²) >= 11 is 0. The van der Waals surface area contributed by atoms with Crippen molar-refractivity contribution in [3.8, 4) is 0 Å². The molecule has 34 nitrogen and oxygen atoms in total. The van der Waals surface area contributed by atoms with Crippen molar-refractivity contribution in [2.45, 2.75) is 266 Å². The van der Waals surface area contributed by atoms with Gasteiger partial charge in [-0.2, -0.15) is 0 Å². The van der Waals surface area contributed by atoms with Gasteiger partial charge in [0.15, 0.2) is 25.2 Å². The van der Waals surface area contributed by atoms with Crippen LogP contribution >= 0.6 is 0 Å². The Morgan fingerprint density at radius 3 is 1.26 bits per heavy atom. The van der Waals surface area contributed by atoms with Crippen molar-refractivity contribution < 1.29 is 167 Å². The number of hydrogen-bond donors (Lipinski definition) is 17. The molecule has 0 spiro atoms. The van der Waals surface area contributed by atoms with Gasteiger partial charge in [0, 0.05) is 59.4 Å². The van der Waals surface area contributed by atoms with Crippen LogP contribution in [0, 0.1) is 23.7 Å². The highest BCUT2D eigenvalue weighted by atomic mass is 16.8. The van der Waals surface area contributed by atoms with E-state index in [9.17, 15) is 96.4 Å². The molecule has 0 aromatic rings. The molecule has 0 radical (unpaired) electrons. The molecule has 5 saturated heterocycles. The zero-order valence-corrected chi connectivity index (χ0v) is 53.1. The first kappa shape index (κ1) is 76.4. The number of aliphatic hydroxyl groups excluding tert-OH is 17. The van der Waals surface area contributed by atoms with E-state index in [2.05, 4.69) is 0 Å². The molecule has 5 aliphatic heterocycles. The molecule has 4 aliphatic carbocycles. The third-order valence-electron chi connectivity index (χ3n) is 20.3. The fourth-order valence-corrected chi connectivity index (χ4v) is 14.6. The predicted molar refractivity (Wildman–Crippen MR) is 311 cm³/mol. The molecule has 34 heteroatoms. The number of carbonyl (C=O) groups excluding carboxylic acids is 2. The lowest BCUT2D eigenvalue weighted by Gasteiger charge is -2.52. The predicted octanol–water partition coefficient (Wildman–Crippen LogP) is -7.73. The second-order valence-electron chi connectivity index (χ2n) is 26.4. The maximum Gasteiger partial charge on any atom is 0.330 e. The van der Waals surface area contributed by atoms with Gasteiger partial charge >= 0.3 is 11.9 Å². The first-order valence-electron chi connectivity index (χ1n) is 32.4. The molecule has 0 aromatic carbocycles. The van der Waals surface area contributed by atoms with Crippen LogP contribution in [0.2, 0.25) is 0 Å². The summed E-state index contributed by atoms with van der Waals surface area (Å²) in [5.41, 5.74) is 0. The molecular weight excluding hydrogens is 1280 g/mol. The van der Waals surface area contributed by atoms with E-state index in [4.69, 9.17) is 71.1 Å². The first-order valence-corrected chi connectivity index (χ1v) is 32.4. The van der Waals surface area contributed by atoms with Crippen LogP contribution in [-0.4, -0.2) is 356 Å². The summed E-state index contributed by atoms with van der Waals surface area (Å²) in [6, 6.07) is 0. The van der Waals surface area contributed by atoms with E-state index < -0.39 is 252 Å². The Labute approximate surface area is 547 Å². The Kier molecular flexibility index (Phi) is 27.6. The van der Waals surface area contributed by atoms with E-state index in [1.807, 2.05) is 0 Å². The number of rotatable bonds is 23. The summed E-state index contributed by atoms with van der Waals surface area (Å²) < 4.78 is 87.1. The molecular formula is C61H98O34. The van der Waals surface area contributed by atoms with Gasteiger partial charge in [0.25, 0.3) is 0 Å². The minimum Gasteiger partial charge on any atom is -0.460 e. The lowest BCUT2D eigenvalue weighted by molar-refractivity contribution is -0.350. The average molecular weight is 1380 g/mol. The summed E-state index contributed by atoms with van der Waals surface area (Å²) in [5.74, 6) is -3.64. The van der Waals surface area contributed by atoms with Crippen molar-refractivity contribution in [1.82, 2.24) is 0 Å². The van der Waals surface area contributed by atoms with Gasteiger partial charge in [0.1, 0.15) is 123 Å². The zero-order valence-electron chi connectivity index (χ0n) is 53.1. The van der Waals surface area contributed by atoms with Crippen molar-refractivity contribution in [1.29, 1.82) is 0 Å². The van der Waals surface area contributed by atoms with Crippen LogP contribution < -0.4 is 0 Å². The van der Waals surface area contributed by atoms with Gasteiger partial charge in [-0.3, -0.25) is 0 Å². The smallest absolute Gasteiger partial charge is 0.330 e. The molecule has 33 unspecified atom stereocenters. The van der Waals surface area contributed by atoms with Crippen molar-refractivity contribution >= 4 is 11.9 Å². The minimum absolute atomic E-state index is 0.0149. The van der Waals surface area contributed by atoms with E-state index in [-0.39, 0.29) is 50.4 Å². The van der Waals surface area contributed by atoms with Gasteiger partial charge in [-0.25, -0.2) is 9.59 Å². The number of hydrogen-bond acceptors (Lipinski definition) is 34. The van der Waals surface area contributed by atoms with Crippen LogP contribution in [0.5, 0.6) is 0 Å². The quantitative estimate of drug-likeness (QED) is 0.0334. The molecule has 9 aliphatic rings. The molecule has 95 heavy (non-hydrogen) atoms.